The van der Waals surface area contributed by atoms with E-state index in [1.165, 1.54) is 30.3 Å². The number of aryl methyl sites for hydroxylation is 2. The molecular weight excluding hydrogens is 444 g/mol. The van der Waals surface area contributed by atoms with Crippen LogP contribution >= 0.6 is 0 Å². The number of benzene rings is 2. The lowest BCUT2D eigenvalue weighted by molar-refractivity contribution is -0.116. The van der Waals surface area contributed by atoms with Crippen molar-refractivity contribution >= 4 is 32.7 Å². The molecule has 0 saturated carbocycles. The minimum Gasteiger partial charge on any atom is -0.323 e. The Labute approximate surface area is 189 Å². The van der Waals surface area contributed by atoms with Crippen molar-refractivity contribution in [2.75, 3.05) is 18.9 Å². The van der Waals surface area contributed by atoms with E-state index in [1.54, 1.807) is 36.4 Å². The largest absolute Gasteiger partial charge is 0.323 e. The average molecular weight is 467 g/mol. The van der Waals surface area contributed by atoms with Crippen LogP contribution in [-0.4, -0.2) is 52.0 Å². The first-order chi connectivity index (χ1) is 15.7. The summed E-state index contributed by atoms with van der Waals surface area (Å²) in [7, 11) is -2.49. The molecule has 2 aromatic heterocycles. The van der Waals surface area contributed by atoms with Gasteiger partial charge in [0.15, 0.2) is 5.65 Å². The number of carbonyl (C=O) groups excluding carboxylic acids is 1. The van der Waals surface area contributed by atoms with Crippen LogP contribution in [0.2, 0.25) is 0 Å². The van der Waals surface area contributed by atoms with Crippen LogP contribution in [0.1, 0.15) is 11.1 Å². The van der Waals surface area contributed by atoms with Crippen LogP contribution in [0, 0.1) is 13.8 Å². The lowest BCUT2D eigenvalue weighted by atomic mass is 10.1. The summed E-state index contributed by atoms with van der Waals surface area (Å²) in [6.45, 7) is 3.34. The normalized spacial score (nSPS) is 11.8. The Morgan fingerprint density at radius 2 is 1.91 bits per heavy atom. The van der Waals surface area contributed by atoms with Gasteiger partial charge in [0, 0.05) is 7.05 Å². The van der Waals surface area contributed by atoms with E-state index in [4.69, 9.17) is 0 Å². The monoisotopic (exact) mass is 466 g/mol. The molecule has 0 unspecified atom stereocenters. The van der Waals surface area contributed by atoms with Crippen LogP contribution in [0.4, 0.5) is 5.69 Å². The molecule has 2 aromatic carbocycles. The maximum atomic E-state index is 12.9. The first kappa shape index (κ1) is 22.4. The predicted octanol–water partition coefficient (Wildman–Crippen LogP) is 1.98. The van der Waals surface area contributed by atoms with Crippen molar-refractivity contribution in [3.63, 3.8) is 0 Å². The van der Waals surface area contributed by atoms with Crippen LogP contribution in [0.25, 0.3) is 16.7 Å². The summed E-state index contributed by atoms with van der Waals surface area (Å²) in [5, 5.41) is 7.26. The number of fused-ring (bicyclic) bond motifs is 1. The number of anilines is 1. The van der Waals surface area contributed by atoms with Gasteiger partial charge in [-0.3, -0.25) is 9.59 Å². The van der Waals surface area contributed by atoms with E-state index in [1.807, 2.05) is 13.8 Å². The van der Waals surface area contributed by atoms with Crippen LogP contribution < -0.4 is 10.9 Å². The number of hydrogen-bond acceptors (Lipinski definition) is 6. The Balaban J connectivity index is 1.58. The number of aromatic amines is 1. The fourth-order valence-corrected chi connectivity index (χ4v) is 4.54. The highest BCUT2D eigenvalue weighted by Crippen LogP contribution is 2.23. The van der Waals surface area contributed by atoms with Gasteiger partial charge in [-0.15, -0.1) is 0 Å². The van der Waals surface area contributed by atoms with Gasteiger partial charge in [0.1, 0.15) is 5.39 Å². The molecule has 0 radical (unpaired) electrons. The molecule has 4 aromatic rings. The molecule has 11 heteroatoms. The molecule has 170 valence electrons. The number of amides is 1. The van der Waals surface area contributed by atoms with Crippen molar-refractivity contribution in [3.05, 3.63) is 76.5 Å². The number of rotatable bonds is 6. The molecule has 1 amide bonds. The van der Waals surface area contributed by atoms with Gasteiger partial charge >= 0.3 is 0 Å². The van der Waals surface area contributed by atoms with E-state index in [2.05, 4.69) is 20.4 Å². The van der Waals surface area contributed by atoms with E-state index in [0.29, 0.717) is 22.4 Å². The van der Waals surface area contributed by atoms with E-state index in [-0.39, 0.29) is 17.0 Å². The van der Waals surface area contributed by atoms with Gasteiger partial charge in [-0.1, -0.05) is 18.2 Å². The Morgan fingerprint density at radius 3 is 2.67 bits per heavy atom. The topological polar surface area (TPSA) is 130 Å². The maximum absolute atomic E-state index is 12.9. The number of aromatic nitrogens is 4. The van der Waals surface area contributed by atoms with Crippen molar-refractivity contribution in [3.8, 4) is 5.69 Å². The number of sulfonamides is 1. The lowest BCUT2D eigenvalue weighted by Crippen LogP contribution is -2.35. The summed E-state index contributed by atoms with van der Waals surface area (Å²) in [6.07, 6.45) is 2.67. The summed E-state index contributed by atoms with van der Waals surface area (Å²) >= 11 is 0. The van der Waals surface area contributed by atoms with E-state index in [9.17, 15) is 18.0 Å². The third-order valence-corrected chi connectivity index (χ3v) is 7.13. The predicted molar refractivity (Wildman–Crippen MR) is 124 cm³/mol. The lowest BCUT2D eigenvalue weighted by Gasteiger charge is -2.18. The molecule has 2 N–H and O–H groups in total. The third-order valence-electron chi connectivity index (χ3n) is 5.33. The molecule has 0 fully saturated rings. The fraction of sp³-hybridized carbons (Fsp3) is 0.182. The molecule has 33 heavy (non-hydrogen) atoms. The number of likely N-dealkylation sites (N-methyl/N-ethyl adjacent to an activating group) is 1. The standard InChI is InChI=1S/C22H22N6O4S/c1-14-8-9-16(10-15(14)2)33(31,32)27(3)12-20(29)26-18-6-4-5-7-19(18)28-21-17(11-25-28)22(30)24-13-23-21/h4-11,13H,12H2,1-3H3,(H,26,29)(H,23,24,30). The number of hydrogen-bond donors (Lipinski definition) is 2. The van der Waals surface area contributed by atoms with E-state index < -0.39 is 15.9 Å². The average Bonchev–Trinajstić information content (AvgIpc) is 3.21. The number of para-hydroxylation sites is 2. The van der Waals surface area contributed by atoms with Gasteiger partial charge in [-0.25, -0.2) is 18.1 Å². The van der Waals surface area contributed by atoms with Crippen molar-refractivity contribution in [1.82, 2.24) is 24.1 Å². The minimum absolute atomic E-state index is 0.126. The Hall–Kier alpha value is -3.83. The fourth-order valence-electron chi connectivity index (χ4n) is 3.33. The van der Waals surface area contributed by atoms with Gasteiger partial charge in [0.2, 0.25) is 15.9 Å². The second kappa shape index (κ2) is 8.60. The molecule has 0 aliphatic heterocycles. The zero-order chi connectivity index (χ0) is 23.8. The quantitative estimate of drug-likeness (QED) is 0.447. The van der Waals surface area contributed by atoms with Crippen LogP contribution in [0.15, 0.2) is 64.7 Å². The molecule has 2 heterocycles. The van der Waals surface area contributed by atoms with Crippen molar-refractivity contribution in [2.45, 2.75) is 18.7 Å². The van der Waals surface area contributed by atoms with Gasteiger partial charge < -0.3 is 10.3 Å². The smallest absolute Gasteiger partial charge is 0.261 e. The molecule has 0 bridgehead atoms. The number of H-pyrrole nitrogens is 1. The van der Waals surface area contributed by atoms with Crippen LogP contribution in [0.5, 0.6) is 0 Å². The molecule has 0 aliphatic carbocycles. The Bertz CT molecular complexity index is 1520. The van der Waals surface area contributed by atoms with Gasteiger partial charge in [0.05, 0.1) is 35.3 Å². The summed E-state index contributed by atoms with van der Waals surface area (Å²) in [5.41, 5.74) is 2.71. The number of nitrogens with zero attached hydrogens (tertiary/aromatic N) is 4. The highest BCUT2D eigenvalue weighted by molar-refractivity contribution is 7.89. The van der Waals surface area contributed by atoms with Gasteiger partial charge in [-0.05, 0) is 49.2 Å². The molecule has 0 atom stereocenters. The van der Waals surface area contributed by atoms with E-state index in [0.717, 1.165) is 15.4 Å². The molecular formula is C22H22N6O4S. The molecule has 0 spiro atoms. The van der Waals surface area contributed by atoms with E-state index >= 15 is 0 Å². The summed E-state index contributed by atoms with van der Waals surface area (Å²) in [6, 6.07) is 11.7. The second-order valence-corrected chi connectivity index (χ2v) is 9.64. The zero-order valence-electron chi connectivity index (χ0n) is 18.2. The van der Waals surface area contributed by atoms with Crippen molar-refractivity contribution in [1.29, 1.82) is 0 Å². The van der Waals surface area contributed by atoms with Gasteiger partial charge in [-0.2, -0.15) is 9.40 Å². The minimum atomic E-state index is -3.85. The van der Waals surface area contributed by atoms with Crippen LogP contribution in [0.3, 0.4) is 0 Å². The summed E-state index contributed by atoms with van der Waals surface area (Å²) < 4.78 is 28.3. The van der Waals surface area contributed by atoms with Gasteiger partial charge in [0.25, 0.3) is 5.56 Å². The summed E-state index contributed by atoms with van der Waals surface area (Å²) in [5.74, 6) is -0.528. The highest BCUT2D eigenvalue weighted by atomic mass is 32.2. The van der Waals surface area contributed by atoms with Crippen molar-refractivity contribution < 1.29 is 13.2 Å². The molecule has 0 saturated heterocycles. The number of nitrogens with one attached hydrogen (secondary N) is 2. The maximum Gasteiger partial charge on any atom is 0.261 e. The Morgan fingerprint density at radius 1 is 1.15 bits per heavy atom. The van der Waals surface area contributed by atoms with Crippen LogP contribution in [-0.2, 0) is 14.8 Å². The van der Waals surface area contributed by atoms with Crippen molar-refractivity contribution in [2.24, 2.45) is 0 Å². The molecule has 4 rings (SSSR count). The zero-order valence-corrected chi connectivity index (χ0v) is 19.0. The SMILES string of the molecule is Cc1ccc(S(=O)(=O)N(C)CC(=O)Nc2ccccc2-n2ncc3c(=O)[nH]cnc32)cc1C. The first-order valence-electron chi connectivity index (χ1n) is 10.0. The third kappa shape index (κ3) is 4.28. The highest BCUT2D eigenvalue weighted by Gasteiger charge is 2.24. The molecule has 10 nitrogen and oxygen atoms in total. The second-order valence-electron chi connectivity index (χ2n) is 7.60. The Kier molecular flexibility index (Phi) is 5.83. The molecule has 0 aliphatic rings. The number of carbonyl (C=O) groups is 1. The summed E-state index contributed by atoms with van der Waals surface area (Å²) in [4.78, 5) is 31.5. The first-order valence-corrected chi connectivity index (χ1v) is 11.5.